The molecule has 0 aliphatic heterocycles. The number of nitrogens with zero attached hydrogens (tertiary/aromatic N) is 2. The molecule has 3 saturated carbocycles. The molecule has 5 rings (SSSR count). The Morgan fingerprint density at radius 2 is 1.86 bits per heavy atom. The maximum atomic E-state index is 12.6. The molecule has 1 aromatic carbocycles. The average molecular weight is 402 g/mol. The fourth-order valence-electron chi connectivity index (χ4n) is 4.60. The number of rotatable bonds is 6. The lowest BCUT2D eigenvalue weighted by Gasteiger charge is -2.47. The maximum Gasteiger partial charge on any atom is 0.256 e. The van der Waals surface area contributed by atoms with Crippen LogP contribution in [0.15, 0.2) is 34.9 Å². The highest BCUT2D eigenvalue weighted by Gasteiger charge is 2.49. The largest absolute Gasteiger partial charge is 0.360 e. The third-order valence-electron chi connectivity index (χ3n) is 6.58. The van der Waals surface area contributed by atoms with Gasteiger partial charge in [-0.15, -0.1) is 12.4 Å². The van der Waals surface area contributed by atoms with Crippen molar-refractivity contribution in [2.75, 3.05) is 5.32 Å². The first-order chi connectivity index (χ1) is 13.2. The number of nitrogens with one attached hydrogen (secondary N) is 1. The Morgan fingerprint density at radius 1 is 1.14 bits per heavy atom. The molecule has 0 bridgehead atoms. The molecule has 3 aliphatic carbocycles. The fraction of sp³-hybridized carbons (Fsp3) is 0.545. The SMILES string of the molecule is Cc1cc(NC(=O)c2cccc([C@@H]3C[C@H]3N(C3CCC3)C3CCC3)c2)no1.Cl. The van der Waals surface area contributed by atoms with E-state index in [-0.39, 0.29) is 18.3 Å². The summed E-state index contributed by atoms with van der Waals surface area (Å²) in [5, 5.41) is 6.66. The molecule has 0 radical (unpaired) electrons. The summed E-state index contributed by atoms with van der Waals surface area (Å²) in [6.45, 7) is 1.81. The van der Waals surface area contributed by atoms with E-state index in [1.54, 1.807) is 6.07 Å². The molecule has 1 aromatic heterocycles. The number of carbonyl (C=O) groups is 1. The zero-order valence-electron chi connectivity index (χ0n) is 16.3. The number of carbonyl (C=O) groups excluding carboxylic acids is 1. The lowest BCUT2D eigenvalue weighted by atomic mass is 9.84. The first-order valence-electron chi connectivity index (χ1n) is 10.3. The minimum absolute atomic E-state index is 0. The van der Waals surface area contributed by atoms with Gasteiger partial charge in [0.25, 0.3) is 5.91 Å². The van der Waals surface area contributed by atoms with Gasteiger partial charge in [-0.1, -0.05) is 30.1 Å². The molecule has 2 aromatic rings. The van der Waals surface area contributed by atoms with Crippen molar-refractivity contribution in [2.45, 2.75) is 75.9 Å². The van der Waals surface area contributed by atoms with Crippen LogP contribution in [-0.2, 0) is 0 Å². The number of amides is 1. The summed E-state index contributed by atoms with van der Waals surface area (Å²) in [5.41, 5.74) is 1.99. The predicted octanol–water partition coefficient (Wildman–Crippen LogP) is 4.92. The molecule has 0 saturated heterocycles. The zero-order chi connectivity index (χ0) is 18.4. The second-order valence-electron chi connectivity index (χ2n) is 8.43. The summed E-state index contributed by atoms with van der Waals surface area (Å²) in [6.07, 6.45) is 9.52. The van der Waals surface area contributed by atoms with Crippen LogP contribution in [0.2, 0.25) is 0 Å². The highest BCUT2D eigenvalue weighted by Crippen LogP contribution is 2.50. The van der Waals surface area contributed by atoms with Gasteiger partial charge < -0.3 is 9.84 Å². The number of benzene rings is 1. The fourth-order valence-corrected chi connectivity index (χ4v) is 4.60. The van der Waals surface area contributed by atoms with E-state index in [1.165, 1.54) is 50.5 Å². The molecule has 1 heterocycles. The lowest BCUT2D eigenvalue weighted by molar-refractivity contribution is 0.0311. The molecule has 0 spiro atoms. The molecule has 1 amide bonds. The van der Waals surface area contributed by atoms with Gasteiger partial charge in [0.2, 0.25) is 0 Å². The van der Waals surface area contributed by atoms with Gasteiger partial charge in [-0.25, -0.2) is 0 Å². The standard InChI is InChI=1S/C22H27N3O2.ClH/c1-14-11-21(24-27-14)23-22(26)16-6-2-5-15(12-16)19-13-20(19)25(17-7-3-8-17)18-9-4-10-18;/h2,5-6,11-12,17-20H,3-4,7-10,13H2,1H3,(H,23,24,26);1H/t19-,20+;/m0./s1. The van der Waals surface area contributed by atoms with E-state index in [2.05, 4.69) is 27.5 Å². The van der Waals surface area contributed by atoms with Crippen molar-refractivity contribution in [2.24, 2.45) is 0 Å². The number of aryl methyl sites for hydroxylation is 1. The van der Waals surface area contributed by atoms with Gasteiger partial charge in [0.15, 0.2) is 5.82 Å². The van der Waals surface area contributed by atoms with Crippen LogP contribution in [0, 0.1) is 6.92 Å². The highest BCUT2D eigenvalue weighted by molar-refractivity contribution is 6.03. The van der Waals surface area contributed by atoms with Gasteiger partial charge in [-0.05, 0) is 56.7 Å². The van der Waals surface area contributed by atoms with Gasteiger partial charge >= 0.3 is 0 Å². The van der Waals surface area contributed by atoms with Crippen molar-refractivity contribution < 1.29 is 9.32 Å². The van der Waals surface area contributed by atoms with Crippen molar-refractivity contribution >= 4 is 24.1 Å². The molecular formula is C22H28ClN3O2. The molecular weight excluding hydrogens is 374 g/mol. The van der Waals surface area contributed by atoms with Crippen molar-refractivity contribution in [3.05, 3.63) is 47.2 Å². The maximum absolute atomic E-state index is 12.6. The normalized spacial score (nSPS) is 24.2. The van der Waals surface area contributed by atoms with Crippen LogP contribution in [0.25, 0.3) is 0 Å². The summed E-state index contributed by atoms with van der Waals surface area (Å²) >= 11 is 0. The van der Waals surface area contributed by atoms with E-state index in [4.69, 9.17) is 4.52 Å². The number of aromatic nitrogens is 1. The Bertz CT molecular complexity index is 830. The van der Waals surface area contributed by atoms with E-state index in [0.29, 0.717) is 29.1 Å². The molecule has 1 N–H and O–H groups in total. The van der Waals surface area contributed by atoms with Gasteiger partial charge in [-0.2, -0.15) is 0 Å². The molecule has 3 aliphatic rings. The van der Waals surface area contributed by atoms with E-state index < -0.39 is 0 Å². The first-order valence-corrected chi connectivity index (χ1v) is 10.3. The molecule has 28 heavy (non-hydrogen) atoms. The predicted molar refractivity (Wildman–Crippen MR) is 111 cm³/mol. The Kier molecular flexibility index (Phi) is 5.48. The van der Waals surface area contributed by atoms with Gasteiger partial charge in [0.1, 0.15) is 5.76 Å². The summed E-state index contributed by atoms with van der Waals surface area (Å²) in [5.74, 6) is 1.60. The molecule has 5 nitrogen and oxygen atoms in total. The van der Waals surface area contributed by atoms with Crippen LogP contribution in [0.4, 0.5) is 5.82 Å². The lowest BCUT2D eigenvalue weighted by Crippen LogP contribution is -2.51. The van der Waals surface area contributed by atoms with Crippen LogP contribution in [0.5, 0.6) is 0 Å². The Labute approximate surface area is 172 Å². The Hall–Kier alpha value is -1.85. The minimum Gasteiger partial charge on any atom is -0.360 e. The third-order valence-corrected chi connectivity index (χ3v) is 6.58. The summed E-state index contributed by atoms with van der Waals surface area (Å²) in [6, 6.07) is 12.2. The van der Waals surface area contributed by atoms with Gasteiger partial charge in [-0.3, -0.25) is 9.69 Å². The molecule has 2 atom stereocenters. The summed E-state index contributed by atoms with van der Waals surface area (Å²) < 4.78 is 5.02. The molecule has 0 unspecified atom stereocenters. The van der Waals surface area contributed by atoms with Crippen molar-refractivity contribution in [1.29, 1.82) is 0 Å². The Morgan fingerprint density at radius 3 is 2.43 bits per heavy atom. The number of hydrogen-bond donors (Lipinski definition) is 1. The number of hydrogen-bond acceptors (Lipinski definition) is 4. The van der Waals surface area contributed by atoms with E-state index >= 15 is 0 Å². The van der Waals surface area contributed by atoms with Crippen LogP contribution < -0.4 is 5.32 Å². The number of halogens is 1. The van der Waals surface area contributed by atoms with E-state index in [1.807, 2.05) is 19.1 Å². The van der Waals surface area contributed by atoms with Crippen LogP contribution in [-0.4, -0.2) is 34.1 Å². The van der Waals surface area contributed by atoms with Crippen molar-refractivity contribution in [3.63, 3.8) is 0 Å². The zero-order valence-corrected chi connectivity index (χ0v) is 17.1. The average Bonchev–Trinajstić information content (AvgIpc) is 3.27. The highest BCUT2D eigenvalue weighted by atomic mass is 35.5. The van der Waals surface area contributed by atoms with Crippen LogP contribution in [0.3, 0.4) is 0 Å². The number of anilines is 1. The van der Waals surface area contributed by atoms with E-state index in [0.717, 1.165) is 12.1 Å². The topological polar surface area (TPSA) is 58.4 Å². The second-order valence-corrected chi connectivity index (χ2v) is 8.43. The minimum atomic E-state index is -0.128. The van der Waals surface area contributed by atoms with Gasteiger partial charge in [0.05, 0.1) is 0 Å². The quantitative estimate of drug-likeness (QED) is 0.746. The van der Waals surface area contributed by atoms with Crippen LogP contribution >= 0.6 is 12.4 Å². The first kappa shape index (κ1) is 19.5. The summed E-state index contributed by atoms with van der Waals surface area (Å²) in [4.78, 5) is 15.4. The second kappa shape index (κ2) is 7.88. The molecule has 150 valence electrons. The monoisotopic (exact) mass is 401 g/mol. The van der Waals surface area contributed by atoms with E-state index in [9.17, 15) is 4.79 Å². The summed E-state index contributed by atoms with van der Waals surface area (Å²) in [7, 11) is 0. The van der Waals surface area contributed by atoms with Crippen LogP contribution in [0.1, 0.15) is 72.5 Å². The van der Waals surface area contributed by atoms with Crippen molar-refractivity contribution in [3.8, 4) is 0 Å². The molecule has 6 heteroatoms. The van der Waals surface area contributed by atoms with Crippen molar-refractivity contribution in [1.82, 2.24) is 10.1 Å². The smallest absolute Gasteiger partial charge is 0.256 e. The molecule has 3 fully saturated rings. The van der Waals surface area contributed by atoms with Gasteiger partial charge in [0, 0.05) is 35.7 Å². The third kappa shape index (κ3) is 3.70. The Balaban J connectivity index is 0.00000192.